The van der Waals surface area contributed by atoms with Crippen LogP contribution < -0.4 is 4.90 Å². The zero-order valence-corrected chi connectivity index (χ0v) is 26.3. The van der Waals surface area contributed by atoms with Crippen LogP contribution in [0.15, 0.2) is 156 Å². The molecular weight excluding hydrogens is 571 g/mol. The van der Waals surface area contributed by atoms with Crippen LogP contribution in [0.4, 0.5) is 17.1 Å². The normalized spacial score (nSPS) is 12.9. The molecule has 0 saturated carbocycles. The number of hydrogen-bond acceptors (Lipinski definition) is 2. The molecule has 0 unspecified atom stereocenters. The number of nitrogens with zero attached hydrogens (tertiary/aromatic N) is 1. The van der Waals surface area contributed by atoms with Gasteiger partial charge in [0.05, 0.1) is 5.39 Å². The molecule has 1 aliphatic rings. The third-order valence-corrected chi connectivity index (χ3v) is 9.68. The Morgan fingerprint density at radius 2 is 1.06 bits per heavy atom. The van der Waals surface area contributed by atoms with Crippen LogP contribution in [0.25, 0.3) is 55.3 Å². The first kappa shape index (κ1) is 27.3. The summed E-state index contributed by atoms with van der Waals surface area (Å²) >= 11 is 0. The molecule has 7 aromatic carbocycles. The van der Waals surface area contributed by atoms with Crippen LogP contribution >= 0.6 is 0 Å². The highest BCUT2D eigenvalue weighted by Crippen LogP contribution is 2.53. The van der Waals surface area contributed by atoms with Crippen LogP contribution in [-0.2, 0) is 5.41 Å². The van der Waals surface area contributed by atoms with Crippen molar-refractivity contribution in [2.75, 3.05) is 4.90 Å². The SMILES string of the molecule is CC1(C)c2c#cc3c(oc4ccccc43)c2-c2cc(N(c3ccc(-c4ccccc4)cc3)c3ccc(-c4ccccc4)cc3)ccc21. The summed E-state index contributed by atoms with van der Waals surface area (Å²) < 4.78 is 6.56. The van der Waals surface area contributed by atoms with Gasteiger partial charge in [0.1, 0.15) is 5.58 Å². The number of anilines is 3. The first-order valence-electron chi connectivity index (χ1n) is 16.1. The summed E-state index contributed by atoms with van der Waals surface area (Å²) in [6, 6.07) is 60.9. The summed E-state index contributed by atoms with van der Waals surface area (Å²) in [5, 5.41) is 2.06. The van der Waals surface area contributed by atoms with Crippen LogP contribution in [0, 0.1) is 12.1 Å². The summed E-state index contributed by atoms with van der Waals surface area (Å²) in [5.41, 5.74) is 14.3. The van der Waals surface area contributed by atoms with Gasteiger partial charge in [0, 0.05) is 39.0 Å². The van der Waals surface area contributed by atoms with Crippen LogP contribution in [0.2, 0.25) is 0 Å². The second-order valence-corrected chi connectivity index (χ2v) is 12.8. The molecule has 9 rings (SSSR count). The van der Waals surface area contributed by atoms with Gasteiger partial charge in [0.2, 0.25) is 0 Å². The van der Waals surface area contributed by atoms with Crippen molar-refractivity contribution in [2.45, 2.75) is 19.3 Å². The average molecular weight is 602 g/mol. The van der Waals surface area contributed by atoms with Crippen molar-refractivity contribution in [3.8, 4) is 33.4 Å². The Morgan fingerprint density at radius 3 is 1.68 bits per heavy atom. The summed E-state index contributed by atoms with van der Waals surface area (Å²) in [7, 11) is 0. The predicted molar refractivity (Wildman–Crippen MR) is 195 cm³/mol. The lowest BCUT2D eigenvalue weighted by molar-refractivity contribution is 0.653. The van der Waals surface area contributed by atoms with E-state index in [1.54, 1.807) is 0 Å². The van der Waals surface area contributed by atoms with E-state index in [0.29, 0.717) is 0 Å². The van der Waals surface area contributed by atoms with Crippen molar-refractivity contribution >= 4 is 39.0 Å². The molecule has 0 saturated heterocycles. The minimum Gasteiger partial charge on any atom is -0.455 e. The smallest absolute Gasteiger partial charge is 0.152 e. The Bertz CT molecular complexity index is 2320. The number of para-hydroxylation sites is 1. The third kappa shape index (κ3) is 4.36. The molecule has 0 fully saturated rings. The maximum atomic E-state index is 6.56. The van der Waals surface area contributed by atoms with Gasteiger partial charge in [-0.2, -0.15) is 0 Å². The predicted octanol–water partition coefficient (Wildman–Crippen LogP) is 12.3. The molecule has 2 heteroatoms. The standard InChI is InChI=1S/C45H31NO/c1-45(2)40-27-25-36(29-39(40)43-41(45)28-26-38-37-15-9-10-16-42(37)47-44(38)43)46(34-21-17-32(18-22-34)30-11-5-3-6-12-30)35-23-19-33(20-24-35)31-13-7-4-8-14-31/h3-25,27,29H,1-2H3. The van der Waals surface area contributed by atoms with Crippen molar-refractivity contribution in [3.05, 3.63) is 175 Å². The fourth-order valence-electron chi connectivity index (χ4n) is 7.24. The van der Waals surface area contributed by atoms with E-state index in [4.69, 9.17) is 4.42 Å². The Labute approximate surface area is 275 Å². The lowest BCUT2D eigenvalue weighted by atomic mass is 9.83. The van der Waals surface area contributed by atoms with Gasteiger partial charge >= 0.3 is 0 Å². The van der Waals surface area contributed by atoms with Gasteiger partial charge in [-0.05, 0) is 81.9 Å². The lowest BCUT2D eigenvalue weighted by Crippen LogP contribution is -2.15. The number of furan rings is 1. The lowest BCUT2D eigenvalue weighted by Gasteiger charge is -2.27. The molecule has 1 heterocycles. The summed E-state index contributed by atoms with van der Waals surface area (Å²) in [6.45, 7) is 4.55. The van der Waals surface area contributed by atoms with E-state index in [0.717, 1.165) is 50.1 Å². The largest absolute Gasteiger partial charge is 0.455 e. The average Bonchev–Trinajstić information content (AvgIpc) is 3.62. The van der Waals surface area contributed by atoms with Gasteiger partial charge < -0.3 is 9.32 Å². The van der Waals surface area contributed by atoms with E-state index < -0.39 is 0 Å². The van der Waals surface area contributed by atoms with E-state index in [9.17, 15) is 0 Å². The molecular formula is C45H31NO. The highest BCUT2D eigenvalue weighted by Gasteiger charge is 2.38. The Morgan fingerprint density at radius 1 is 0.532 bits per heavy atom. The molecule has 47 heavy (non-hydrogen) atoms. The highest BCUT2D eigenvalue weighted by atomic mass is 16.3. The van der Waals surface area contributed by atoms with Gasteiger partial charge in [-0.1, -0.05) is 129 Å². The van der Waals surface area contributed by atoms with Crippen molar-refractivity contribution < 1.29 is 4.42 Å². The minimum atomic E-state index is -0.230. The van der Waals surface area contributed by atoms with E-state index in [1.165, 1.54) is 33.4 Å². The molecule has 0 atom stereocenters. The van der Waals surface area contributed by atoms with Gasteiger partial charge in [0.25, 0.3) is 0 Å². The van der Waals surface area contributed by atoms with Crippen LogP contribution in [0.1, 0.15) is 25.0 Å². The highest BCUT2D eigenvalue weighted by molar-refractivity contribution is 6.11. The van der Waals surface area contributed by atoms with Gasteiger partial charge in [0.15, 0.2) is 5.58 Å². The van der Waals surface area contributed by atoms with E-state index in [-0.39, 0.29) is 5.41 Å². The summed E-state index contributed by atoms with van der Waals surface area (Å²) in [6.07, 6.45) is 0. The zero-order valence-electron chi connectivity index (χ0n) is 26.3. The van der Waals surface area contributed by atoms with E-state index >= 15 is 0 Å². The number of hydrogen-bond donors (Lipinski definition) is 0. The fraction of sp³-hybridized carbons (Fsp3) is 0.0667. The number of rotatable bonds is 5. The summed E-state index contributed by atoms with van der Waals surface area (Å²) in [5.74, 6) is 0. The van der Waals surface area contributed by atoms with Crippen molar-refractivity contribution in [2.24, 2.45) is 0 Å². The molecule has 0 amide bonds. The second-order valence-electron chi connectivity index (χ2n) is 12.8. The second kappa shape index (κ2) is 10.5. The van der Waals surface area contributed by atoms with Gasteiger partial charge in [-0.25, -0.2) is 0 Å². The van der Waals surface area contributed by atoms with Gasteiger partial charge in [-0.3, -0.25) is 0 Å². The first-order chi connectivity index (χ1) is 23.1. The Kier molecular flexibility index (Phi) is 6.10. The minimum absolute atomic E-state index is 0.230. The first-order valence-corrected chi connectivity index (χ1v) is 16.1. The van der Waals surface area contributed by atoms with E-state index in [2.05, 4.69) is 170 Å². The monoisotopic (exact) mass is 601 g/mol. The Hall–Kier alpha value is -6.04. The van der Waals surface area contributed by atoms with Crippen molar-refractivity contribution in [3.63, 3.8) is 0 Å². The topological polar surface area (TPSA) is 16.4 Å². The molecule has 1 aromatic heterocycles. The molecule has 0 aliphatic heterocycles. The number of benzene rings is 6. The Balaban J connectivity index is 1.22. The zero-order chi connectivity index (χ0) is 31.5. The third-order valence-electron chi connectivity index (χ3n) is 9.68. The van der Waals surface area contributed by atoms with Crippen molar-refractivity contribution in [1.29, 1.82) is 0 Å². The maximum Gasteiger partial charge on any atom is 0.152 e. The molecule has 8 aromatic rings. The molecule has 0 radical (unpaired) electrons. The fourth-order valence-corrected chi connectivity index (χ4v) is 7.24. The summed E-state index contributed by atoms with van der Waals surface area (Å²) in [4.78, 5) is 2.35. The molecule has 222 valence electrons. The molecule has 2 nitrogen and oxygen atoms in total. The quantitative estimate of drug-likeness (QED) is 0.195. The van der Waals surface area contributed by atoms with Crippen LogP contribution in [0.3, 0.4) is 0 Å². The number of fused-ring (bicyclic) bond motifs is 7. The van der Waals surface area contributed by atoms with Gasteiger partial charge in [-0.15, -0.1) is 0 Å². The van der Waals surface area contributed by atoms with Crippen LogP contribution in [-0.4, -0.2) is 0 Å². The van der Waals surface area contributed by atoms with Crippen LogP contribution in [0.5, 0.6) is 0 Å². The van der Waals surface area contributed by atoms with Crippen molar-refractivity contribution in [1.82, 2.24) is 0 Å². The van der Waals surface area contributed by atoms with E-state index in [1.807, 2.05) is 12.1 Å². The molecule has 0 N–H and O–H groups in total. The molecule has 0 bridgehead atoms. The maximum absolute atomic E-state index is 6.56. The molecule has 0 spiro atoms. The molecule has 1 aliphatic carbocycles.